The molecule has 3 heterocycles. The highest BCUT2D eigenvalue weighted by Gasteiger charge is 2.14. The van der Waals surface area contributed by atoms with Crippen molar-refractivity contribution in [2.24, 2.45) is 0 Å². The zero-order chi connectivity index (χ0) is 17.2. The van der Waals surface area contributed by atoms with Gasteiger partial charge < -0.3 is 0 Å². The van der Waals surface area contributed by atoms with Crippen molar-refractivity contribution in [3.63, 3.8) is 0 Å². The Hall–Kier alpha value is -2.55. The minimum absolute atomic E-state index is 0.325. The van der Waals surface area contributed by atoms with E-state index in [0.717, 1.165) is 16.1 Å². The summed E-state index contributed by atoms with van der Waals surface area (Å²) in [7, 11) is 0. The summed E-state index contributed by atoms with van der Waals surface area (Å²) >= 11 is 8.89. The summed E-state index contributed by atoms with van der Waals surface area (Å²) < 4.78 is 0. The third kappa shape index (κ3) is 3.46. The molecule has 3 aromatic heterocycles. The fourth-order valence-corrected chi connectivity index (χ4v) is 3.82. The molecule has 4 rings (SSSR count). The number of hydrogen-bond donors (Lipinski definition) is 2. The summed E-state index contributed by atoms with van der Waals surface area (Å²) in [5, 5.41) is 23.5. The van der Waals surface area contributed by atoms with Crippen molar-refractivity contribution < 1.29 is 4.79 Å². The number of anilines is 1. The predicted molar refractivity (Wildman–Crippen MR) is 100 cm³/mol. The molecule has 0 aliphatic carbocycles. The Bertz CT molecular complexity index is 1020. The van der Waals surface area contributed by atoms with Gasteiger partial charge in [-0.3, -0.25) is 15.2 Å². The first-order valence-electron chi connectivity index (χ1n) is 7.18. The second kappa shape index (κ2) is 6.75. The first-order valence-corrected chi connectivity index (χ1v) is 9.31. The maximum Gasteiger partial charge on any atom is 0.275 e. The lowest BCUT2D eigenvalue weighted by Gasteiger charge is -1.97. The van der Waals surface area contributed by atoms with Gasteiger partial charge >= 0.3 is 0 Å². The largest absolute Gasteiger partial charge is 0.295 e. The standard InChI is InChI=1S/C16H10ClN5OS2/c17-11-3-1-2-9(6-11)12-7-13(20-19-12)14(23)18-16-22-21-15(25-16)10-4-5-24-8-10/h1-8H,(H,19,20)(H,18,22,23). The van der Waals surface area contributed by atoms with Gasteiger partial charge in [0.05, 0.1) is 5.69 Å². The highest BCUT2D eigenvalue weighted by Crippen LogP contribution is 2.28. The van der Waals surface area contributed by atoms with Gasteiger partial charge in [-0.15, -0.1) is 10.2 Å². The number of aromatic amines is 1. The third-order valence-electron chi connectivity index (χ3n) is 3.36. The molecule has 0 aliphatic heterocycles. The van der Waals surface area contributed by atoms with E-state index in [1.807, 2.05) is 29.0 Å². The van der Waals surface area contributed by atoms with Crippen LogP contribution in [0.1, 0.15) is 10.5 Å². The molecule has 0 fully saturated rings. The van der Waals surface area contributed by atoms with E-state index in [1.165, 1.54) is 11.3 Å². The average Bonchev–Trinajstić information content (AvgIpc) is 3.35. The van der Waals surface area contributed by atoms with Gasteiger partial charge in [0.15, 0.2) is 0 Å². The number of nitrogens with zero attached hydrogens (tertiary/aromatic N) is 3. The fraction of sp³-hybridized carbons (Fsp3) is 0. The normalized spacial score (nSPS) is 10.8. The smallest absolute Gasteiger partial charge is 0.275 e. The lowest BCUT2D eigenvalue weighted by molar-refractivity contribution is 0.102. The molecule has 1 aromatic carbocycles. The van der Waals surface area contributed by atoms with Crippen molar-refractivity contribution in [3.05, 3.63) is 57.9 Å². The molecule has 0 aliphatic rings. The molecule has 9 heteroatoms. The molecule has 4 aromatic rings. The number of amides is 1. The summed E-state index contributed by atoms with van der Waals surface area (Å²) in [6, 6.07) is 10.9. The van der Waals surface area contributed by atoms with Crippen molar-refractivity contribution in [1.29, 1.82) is 0 Å². The van der Waals surface area contributed by atoms with Crippen LogP contribution in [0.4, 0.5) is 5.13 Å². The maximum absolute atomic E-state index is 12.4. The number of thiophene rings is 1. The molecule has 1 amide bonds. The van der Waals surface area contributed by atoms with Crippen LogP contribution < -0.4 is 5.32 Å². The van der Waals surface area contributed by atoms with Crippen molar-refractivity contribution >= 4 is 45.3 Å². The van der Waals surface area contributed by atoms with Crippen LogP contribution in [0, 0.1) is 0 Å². The van der Waals surface area contributed by atoms with E-state index in [-0.39, 0.29) is 5.91 Å². The first-order chi connectivity index (χ1) is 12.2. The number of H-pyrrole nitrogens is 1. The molecule has 6 nitrogen and oxygen atoms in total. The van der Waals surface area contributed by atoms with Crippen LogP contribution in [-0.4, -0.2) is 26.3 Å². The molecular formula is C16H10ClN5OS2. The SMILES string of the molecule is O=C(Nc1nnc(-c2ccsc2)s1)c1cc(-c2cccc(Cl)c2)n[nH]1. The highest BCUT2D eigenvalue weighted by atomic mass is 35.5. The monoisotopic (exact) mass is 387 g/mol. The lowest BCUT2D eigenvalue weighted by atomic mass is 10.1. The lowest BCUT2D eigenvalue weighted by Crippen LogP contribution is -2.12. The number of benzene rings is 1. The van der Waals surface area contributed by atoms with Gasteiger partial charge in [0, 0.05) is 21.5 Å². The maximum atomic E-state index is 12.4. The minimum atomic E-state index is -0.325. The number of carbonyl (C=O) groups excluding carboxylic acids is 1. The second-order valence-corrected chi connectivity index (χ2v) is 7.25. The van der Waals surface area contributed by atoms with E-state index < -0.39 is 0 Å². The average molecular weight is 388 g/mol. The van der Waals surface area contributed by atoms with Crippen LogP contribution in [0.2, 0.25) is 5.02 Å². The van der Waals surface area contributed by atoms with Gasteiger partial charge in [0.25, 0.3) is 5.91 Å². The number of halogens is 1. The van der Waals surface area contributed by atoms with Gasteiger partial charge in [0.2, 0.25) is 5.13 Å². The Balaban J connectivity index is 1.50. The Morgan fingerprint density at radius 3 is 2.88 bits per heavy atom. The fourth-order valence-electron chi connectivity index (χ4n) is 2.17. The minimum Gasteiger partial charge on any atom is -0.295 e. The van der Waals surface area contributed by atoms with Crippen molar-refractivity contribution in [2.45, 2.75) is 0 Å². The van der Waals surface area contributed by atoms with E-state index in [0.29, 0.717) is 21.5 Å². The number of nitrogens with one attached hydrogen (secondary N) is 2. The van der Waals surface area contributed by atoms with Crippen LogP contribution in [-0.2, 0) is 0 Å². The molecule has 0 radical (unpaired) electrons. The number of rotatable bonds is 4. The molecule has 25 heavy (non-hydrogen) atoms. The number of carbonyl (C=O) groups is 1. The van der Waals surface area contributed by atoms with E-state index in [4.69, 9.17) is 11.6 Å². The molecule has 0 spiro atoms. The van der Waals surface area contributed by atoms with Crippen molar-refractivity contribution in [1.82, 2.24) is 20.4 Å². The zero-order valence-electron chi connectivity index (χ0n) is 12.6. The van der Waals surface area contributed by atoms with Gasteiger partial charge in [-0.2, -0.15) is 16.4 Å². The van der Waals surface area contributed by atoms with Crippen LogP contribution in [0.15, 0.2) is 47.2 Å². The number of hydrogen-bond acceptors (Lipinski definition) is 6. The third-order valence-corrected chi connectivity index (χ3v) is 5.16. The Morgan fingerprint density at radius 1 is 1.16 bits per heavy atom. The summed E-state index contributed by atoms with van der Waals surface area (Å²) in [6.07, 6.45) is 0. The topological polar surface area (TPSA) is 83.6 Å². The van der Waals surface area contributed by atoms with Crippen LogP contribution in [0.5, 0.6) is 0 Å². The molecular weight excluding hydrogens is 378 g/mol. The second-order valence-electron chi connectivity index (χ2n) is 5.06. The molecule has 0 bridgehead atoms. The van der Waals surface area contributed by atoms with E-state index in [9.17, 15) is 4.79 Å². The quantitative estimate of drug-likeness (QED) is 0.537. The summed E-state index contributed by atoms with van der Waals surface area (Å²) in [5.41, 5.74) is 2.80. The highest BCUT2D eigenvalue weighted by molar-refractivity contribution is 7.19. The van der Waals surface area contributed by atoms with Gasteiger partial charge in [-0.1, -0.05) is 35.1 Å². The molecule has 0 unspecified atom stereocenters. The summed E-state index contributed by atoms with van der Waals surface area (Å²) in [4.78, 5) is 12.4. The Labute approximate surface area is 155 Å². The molecule has 0 atom stereocenters. The van der Waals surface area contributed by atoms with Crippen molar-refractivity contribution in [2.75, 3.05) is 5.32 Å². The first kappa shape index (κ1) is 15.9. The number of aromatic nitrogens is 4. The molecule has 0 saturated carbocycles. The Kier molecular flexibility index (Phi) is 4.31. The molecule has 124 valence electrons. The van der Waals surface area contributed by atoms with Gasteiger partial charge in [0.1, 0.15) is 10.7 Å². The summed E-state index contributed by atoms with van der Waals surface area (Å²) in [6.45, 7) is 0. The van der Waals surface area contributed by atoms with Gasteiger partial charge in [-0.25, -0.2) is 0 Å². The van der Waals surface area contributed by atoms with Crippen LogP contribution in [0.3, 0.4) is 0 Å². The molecule has 2 N–H and O–H groups in total. The molecule has 0 saturated heterocycles. The van der Waals surface area contributed by atoms with Gasteiger partial charge in [-0.05, 0) is 29.6 Å². The van der Waals surface area contributed by atoms with Crippen molar-refractivity contribution in [3.8, 4) is 21.8 Å². The van der Waals surface area contributed by atoms with E-state index in [1.54, 1.807) is 29.5 Å². The summed E-state index contributed by atoms with van der Waals surface area (Å²) in [5.74, 6) is -0.325. The van der Waals surface area contributed by atoms with Crippen LogP contribution in [0.25, 0.3) is 21.8 Å². The van der Waals surface area contributed by atoms with Crippen LogP contribution >= 0.6 is 34.3 Å². The van der Waals surface area contributed by atoms with E-state index in [2.05, 4.69) is 25.7 Å². The Morgan fingerprint density at radius 2 is 2.08 bits per heavy atom. The predicted octanol–water partition coefficient (Wildman–Crippen LogP) is 4.56. The zero-order valence-corrected chi connectivity index (χ0v) is 15.0. The van der Waals surface area contributed by atoms with E-state index >= 15 is 0 Å².